The van der Waals surface area contributed by atoms with Crippen molar-refractivity contribution in [3.8, 4) is 0 Å². The van der Waals surface area contributed by atoms with Gasteiger partial charge in [0.25, 0.3) is 0 Å². The fraction of sp³-hybridized carbons (Fsp3) is 1.00. The van der Waals surface area contributed by atoms with Crippen LogP contribution in [0.25, 0.3) is 0 Å². The predicted molar refractivity (Wildman–Crippen MR) is 76.8 cm³/mol. The van der Waals surface area contributed by atoms with E-state index in [1.165, 1.54) is 57.9 Å². The highest BCUT2D eigenvalue weighted by Gasteiger charge is 2.38. The highest BCUT2D eigenvalue weighted by Crippen LogP contribution is 2.35. The zero-order chi connectivity index (χ0) is 12.5. The summed E-state index contributed by atoms with van der Waals surface area (Å²) >= 11 is 0. The lowest BCUT2D eigenvalue weighted by Crippen LogP contribution is -2.51. The van der Waals surface area contributed by atoms with Gasteiger partial charge in [-0.25, -0.2) is 0 Å². The lowest BCUT2D eigenvalue weighted by Gasteiger charge is -2.41. The zero-order valence-corrected chi connectivity index (χ0v) is 12.2. The van der Waals surface area contributed by atoms with E-state index in [1.807, 2.05) is 0 Å². The molecule has 0 spiro atoms. The van der Waals surface area contributed by atoms with Crippen LogP contribution in [0, 0.1) is 5.92 Å². The molecular formula is C16H30N2. The van der Waals surface area contributed by atoms with Crippen molar-refractivity contribution in [2.24, 2.45) is 5.92 Å². The Kier molecular flexibility index (Phi) is 3.95. The molecule has 0 amide bonds. The fourth-order valence-corrected chi connectivity index (χ4v) is 4.70. The summed E-state index contributed by atoms with van der Waals surface area (Å²) in [5.41, 5.74) is 0. The Morgan fingerprint density at radius 2 is 1.67 bits per heavy atom. The molecular weight excluding hydrogens is 220 g/mol. The summed E-state index contributed by atoms with van der Waals surface area (Å²) in [7, 11) is 0. The van der Waals surface area contributed by atoms with Crippen molar-refractivity contribution in [2.45, 2.75) is 89.4 Å². The average molecular weight is 250 g/mol. The largest absolute Gasteiger partial charge is 0.311 e. The molecule has 0 radical (unpaired) electrons. The van der Waals surface area contributed by atoms with Crippen molar-refractivity contribution >= 4 is 0 Å². The molecule has 4 unspecified atom stereocenters. The summed E-state index contributed by atoms with van der Waals surface area (Å²) in [6.45, 7) is 6.12. The molecule has 3 rings (SSSR count). The van der Waals surface area contributed by atoms with E-state index < -0.39 is 0 Å². The highest BCUT2D eigenvalue weighted by atomic mass is 15.2. The summed E-state index contributed by atoms with van der Waals surface area (Å²) < 4.78 is 0. The molecule has 2 aliphatic heterocycles. The van der Waals surface area contributed by atoms with Crippen LogP contribution >= 0.6 is 0 Å². The summed E-state index contributed by atoms with van der Waals surface area (Å²) in [4.78, 5) is 2.91. The smallest absolute Gasteiger partial charge is 0.0128 e. The Balaban J connectivity index is 1.65. The zero-order valence-electron chi connectivity index (χ0n) is 12.2. The Morgan fingerprint density at radius 3 is 2.22 bits per heavy atom. The van der Waals surface area contributed by atoms with Crippen LogP contribution in [-0.4, -0.2) is 35.6 Å². The van der Waals surface area contributed by atoms with Gasteiger partial charge in [-0.1, -0.05) is 13.8 Å². The van der Waals surface area contributed by atoms with Gasteiger partial charge < -0.3 is 5.32 Å². The van der Waals surface area contributed by atoms with Crippen LogP contribution in [0.5, 0.6) is 0 Å². The molecule has 18 heavy (non-hydrogen) atoms. The van der Waals surface area contributed by atoms with E-state index in [-0.39, 0.29) is 0 Å². The minimum Gasteiger partial charge on any atom is -0.311 e. The second-order valence-corrected chi connectivity index (χ2v) is 7.07. The first kappa shape index (κ1) is 12.9. The number of rotatable bonds is 4. The normalized spacial score (nSPS) is 43.8. The lowest BCUT2D eigenvalue weighted by atomic mass is 9.95. The number of nitrogens with one attached hydrogen (secondary N) is 1. The third kappa shape index (κ3) is 2.60. The highest BCUT2D eigenvalue weighted by molar-refractivity contribution is 4.97. The van der Waals surface area contributed by atoms with Crippen LogP contribution in [0.2, 0.25) is 0 Å². The van der Waals surface area contributed by atoms with E-state index in [0.717, 1.165) is 30.1 Å². The molecule has 2 bridgehead atoms. The maximum absolute atomic E-state index is 3.79. The number of fused-ring (bicyclic) bond motifs is 2. The Hall–Kier alpha value is -0.0800. The van der Waals surface area contributed by atoms with Crippen molar-refractivity contribution in [3.63, 3.8) is 0 Å². The number of nitrogens with zero attached hydrogens (tertiary/aromatic N) is 1. The molecule has 2 nitrogen and oxygen atoms in total. The van der Waals surface area contributed by atoms with Crippen molar-refractivity contribution in [2.75, 3.05) is 6.54 Å². The van der Waals surface area contributed by atoms with Gasteiger partial charge in [-0.05, 0) is 63.8 Å². The summed E-state index contributed by atoms with van der Waals surface area (Å²) in [6.07, 6.45) is 11.4. The van der Waals surface area contributed by atoms with Gasteiger partial charge in [-0.3, -0.25) is 4.90 Å². The topological polar surface area (TPSA) is 15.3 Å². The summed E-state index contributed by atoms with van der Waals surface area (Å²) in [5.74, 6) is 0.966. The summed E-state index contributed by atoms with van der Waals surface area (Å²) in [5, 5.41) is 3.79. The van der Waals surface area contributed by atoms with Crippen LogP contribution in [0.4, 0.5) is 0 Å². The second kappa shape index (κ2) is 5.50. The lowest BCUT2D eigenvalue weighted by molar-refractivity contribution is 0.0940. The summed E-state index contributed by atoms with van der Waals surface area (Å²) in [6, 6.07) is 3.47. The minimum atomic E-state index is 0.840. The van der Waals surface area contributed by atoms with Gasteiger partial charge >= 0.3 is 0 Å². The first-order chi connectivity index (χ1) is 8.76. The van der Waals surface area contributed by atoms with Gasteiger partial charge in [0.2, 0.25) is 0 Å². The Morgan fingerprint density at radius 1 is 0.944 bits per heavy atom. The van der Waals surface area contributed by atoms with Gasteiger partial charge in [0.1, 0.15) is 0 Å². The van der Waals surface area contributed by atoms with Crippen LogP contribution in [0.3, 0.4) is 0 Å². The van der Waals surface area contributed by atoms with E-state index in [9.17, 15) is 0 Å². The number of hydrogen-bond acceptors (Lipinski definition) is 2. The second-order valence-electron chi connectivity index (χ2n) is 7.07. The molecule has 3 aliphatic rings. The Labute approximate surface area is 113 Å². The number of piperidine rings is 1. The molecule has 2 saturated heterocycles. The predicted octanol–water partition coefficient (Wildman–Crippen LogP) is 3.17. The molecule has 3 fully saturated rings. The molecule has 0 aromatic heterocycles. The van der Waals surface area contributed by atoms with E-state index in [4.69, 9.17) is 0 Å². The van der Waals surface area contributed by atoms with Crippen molar-refractivity contribution in [1.29, 1.82) is 0 Å². The average Bonchev–Trinajstić information content (AvgIpc) is 2.92. The maximum atomic E-state index is 3.79. The first-order valence-corrected chi connectivity index (χ1v) is 8.28. The van der Waals surface area contributed by atoms with E-state index in [1.54, 1.807) is 0 Å². The standard InChI is InChI=1S/C16H30N2/c1-3-8-18(15-7-4-12(2)9-15)16-10-13-5-6-14(11-16)17-13/h12-17H,3-11H2,1-2H3. The van der Waals surface area contributed by atoms with Gasteiger partial charge in [0, 0.05) is 24.2 Å². The monoisotopic (exact) mass is 250 g/mol. The van der Waals surface area contributed by atoms with Crippen LogP contribution < -0.4 is 5.32 Å². The Bertz CT molecular complexity index is 266. The third-order valence-electron chi connectivity index (χ3n) is 5.54. The molecule has 0 aromatic carbocycles. The van der Waals surface area contributed by atoms with Gasteiger partial charge in [-0.15, -0.1) is 0 Å². The third-order valence-corrected chi connectivity index (χ3v) is 5.54. The first-order valence-electron chi connectivity index (χ1n) is 8.28. The van der Waals surface area contributed by atoms with Crippen molar-refractivity contribution in [1.82, 2.24) is 10.2 Å². The molecule has 104 valence electrons. The van der Waals surface area contributed by atoms with E-state index in [0.29, 0.717) is 0 Å². The van der Waals surface area contributed by atoms with Gasteiger partial charge in [-0.2, -0.15) is 0 Å². The van der Waals surface area contributed by atoms with Gasteiger partial charge in [0.15, 0.2) is 0 Å². The van der Waals surface area contributed by atoms with Crippen molar-refractivity contribution < 1.29 is 0 Å². The quantitative estimate of drug-likeness (QED) is 0.824. The molecule has 2 heteroatoms. The number of hydrogen-bond donors (Lipinski definition) is 1. The van der Waals surface area contributed by atoms with Crippen LogP contribution in [-0.2, 0) is 0 Å². The fourth-order valence-electron chi connectivity index (χ4n) is 4.70. The van der Waals surface area contributed by atoms with E-state index in [2.05, 4.69) is 24.1 Å². The molecule has 2 heterocycles. The SMILES string of the molecule is CCCN(C1CCC(C)C1)C1CC2CCC(C1)N2. The minimum absolute atomic E-state index is 0.840. The van der Waals surface area contributed by atoms with E-state index >= 15 is 0 Å². The molecule has 1 aliphatic carbocycles. The van der Waals surface area contributed by atoms with Crippen LogP contribution in [0.15, 0.2) is 0 Å². The van der Waals surface area contributed by atoms with Crippen LogP contribution in [0.1, 0.15) is 65.2 Å². The van der Waals surface area contributed by atoms with Gasteiger partial charge in [0.05, 0.1) is 0 Å². The molecule has 0 aromatic rings. The van der Waals surface area contributed by atoms with Crippen molar-refractivity contribution in [3.05, 3.63) is 0 Å². The molecule has 1 saturated carbocycles. The maximum Gasteiger partial charge on any atom is 0.0128 e. The molecule has 4 atom stereocenters. The molecule has 1 N–H and O–H groups in total.